The summed E-state index contributed by atoms with van der Waals surface area (Å²) in [6, 6.07) is 30.8. The van der Waals surface area contributed by atoms with Gasteiger partial charge in [0.05, 0.1) is 13.7 Å². The van der Waals surface area contributed by atoms with Gasteiger partial charge in [-0.2, -0.15) is 0 Å². The van der Waals surface area contributed by atoms with Gasteiger partial charge >= 0.3 is 0 Å². The van der Waals surface area contributed by atoms with Crippen molar-refractivity contribution in [2.75, 3.05) is 25.6 Å². The minimum absolute atomic E-state index is 0.0460. The fraction of sp³-hybridized carbons (Fsp3) is 0.212. The molecule has 0 aromatic heterocycles. The van der Waals surface area contributed by atoms with E-state index >= 15 is 0 Å². The SMILES string of the molecule is COc1cccc([C@H]2OC(c3ccc(OCCCO)cc3)=N[C@@]2(Cc2ccccc2N=[N+]=[N-])C(=O)Nc2ccccc2)c1. The molecule has 4 aromatic rings. The first kappa shape index (κ1) is 29.2. The molecule has 2 atom stereocenters. The summed E-state index contributed by atoms with van der Waals surface area (Å²) in [6.45, 7) is 0.433. The van der Waals surface area contributed by atoms with Crippen LogP contribution in [-0.2, 0) is 16.0 Å². The number of nitrogens with zero attached hydrogens (tertiary/aromatic N) is 4. The van der Waals surface area contributed by atoms with E-state index in [0.717, 1.165) is 0 Å². The van der Waals surface area contributed by atoms with Crippen LogP contribution in [0.2, 0.25) is 0 Å². The molecule has 4 aromatic carbocycles. The smallest absolute Gasteiger partial charge is 0.257 e. The molecule has 10 nitrogen and oxygen atoms in total. The monoisotopic (exact) mass is 577 g/mol. The number of benzene rings is 4. The van der Waals surface area contributed by atoms with Crippen molar-refractivity contribution in [3.63, 3.8) is 0 Å². The van der Waals surface area contributed by atoms with Crippen LogP contribution in [0.1, 0.15) is 29.2 Å². The highest BCUT2D eigenvalue weighted by molar-refractivity contribution is 6.05. The van der Waals surface area contributed by atoms with Gasteiger partial charge < -0.3 is 24.6 Å². The third kappa shape index (κ3) is 6.62. The quantitative estimate of drug-likeness (QED) is 0.0852. The van der Waals surface area contributed by atoms with Crippen LogP contribution in [0.15, 0.2) is 113 Å². The molecule has 0 aliphatic carbocycles. The van der Waals surface area contributed by atoms with Gasteiger partial charge in [0.2, 0.25) is 5.90 Å². The second-order valence-electron chi connectivity index (χ2n) is 9.88. The van der Waals surface area contributed by atoms with Crippen LogP contribution in [0.3, 0.4) is 0 Å². The van der Waals surface area contributed by atoms with Gasteiger partial charge in [0.25, 0.3) is 5.91 Å². The van der Waals surface area contributed by atoms with Gasteiger partial charge in [-0.1, -0.05) is 59.7 Å². The van der Waals surface area contributed by atoms with Gasteiger partial charge in [-0.3, -0.25) is 4.79 Å². The number of hydrogen-bond acceptors (Lipinski definition) is 7. The number of methoxy groups -OCH3 is 1. The van der Waals surface area contributed by atoms with Crippen LogP contribution < -0.4 is 14.8 Å². The maximum atomic E-state index is 14.5. The molecule has 0 saturated carbocycles. The number of amides is 1. The number of rotatable bonds is 12. The zero-order valence-electron chi connectivity index (χ0n) is 23.6. The van der Waals surface area contributed by atoms with Crippen LogP contribution in [0, 0.1) is 0 Å². The first-order valence-corrected chi connectivity index (χ1v) is 13.8. The molecule has 10 heteroatoms. The second-order valence-corrected chi connectivity index (χ2v) is 9.88. The third-order valence-corrected chi connectivity index (χ3v) is 7.06. The van der Waals surface area contributed by atoms with Crippen LogP contribution in [0.4, 0.5) is 11.4 Å². The van der Waals surface area contributed by atoms with Crippen molar-refractivity contribution in [1.29, 1.82) is 0 Å². The van der Waals surface area contributed by atoms with Crippen molar-refractivity contribution in [1.82, 2.24) is 0 Å². The molecule has 1 aliphatic heterocycles. The third-order valence-electron chi connectivity index (χ3n) is 7.06. The molecule has 43 heavy (non-hydrogen) atoms. The molecule has 2 N–H and O–H groups in total. The van der Waals surface area contributed by atoms with Crippen molar-refractivity contribution < 1.29 is 24.1 Å². The highest BCUT2D eigenvalue weighted by Crippen LogP contribution is 2.44. The highest BCUT2D eigenvalue weighted by Gasteiger charge is 2.53. The lowest BCUT2D eigenvalue weighted by molar-refractivity contribution is -0.123. The Morgan fingerprint density at radius 1 is 1.02 bits per heavy atom. The average Bonchev–Trinajstić information content (AvgIpc) is 3.43. The number of nitrogens with one attached hydrogen (secondary N) is 1. The van der Waals surface area contributed by atoms with Gasteiger partial charge in [0, 0.05) is 41.3 Å². The fourth-order valence-electron chi connectivity index (χ4n) is 4.94. The zero-order chi connectivity index (χ0) is 30.1. The van der Waals surface area contributed by atoms with Crippen molar-refractivity contribution in [3.05, 3.63) is 130 Å². The Morgan fingerprint density at radius 3 is 2.53 bits per heavy atom. The summed E-state index contributed by atoms with van der Waals surface area (Å²) in [5.74, 6) is 1.13. The lowest BCUT2D eigenvalue weighted by Gasteiger charge is -2.31. The minimum atomic E-state index is -1.51. The first-order valence-electron chi connectivity index (χ1n) is 13.8. The summed E-state index contributed by atoms with van der Waals surface area (Å²) < 4.78 is 17.8. The summed E-state index contributed by atoms with van der Waals surface area (Å²) in [5, 5.41) is 16.0. The standard InChI is InChI=1S/C33H31N5O5/c1-41-28-13-7-10-24(21-28)30-33(32(40)35-26-11-3-2-4-12-26,22-25-9-5-6-14-29(25)37-38-34)36-31(43-30)23-15-17-27(18-16-23)42-20-8-19-39/h2-7,9-18,21,30,39H,8,19-20,22H2,1H3,(H,35,40)/t30-,33-/m1/s1. The van der Waals surface area contributed by atoms with Crippen LogP contribution in [0.5, 0.6) is 11.5 Å². The highest BCUT2D eigenvalue weighted by atomic mass is 16.5. The Balaban J connectivity index is 1.64. The number of carbonyl (C=O) groups is 1. The minimum Gasteiger partial charge on any atom is -0.497 e. The Labute approximate surface area is 249 Å². The molecule has 0 unspecified atom stereocenters. The number of ether oxygens (including phenoxy) is 3. The molecule has 1 amide bonds. The predicted octanol–water partition coefficient (Wildman–Crippen LogP) is 6.54. The molecular formula is C33H31N5O5. The number of hydrogen-bond donors (Lipinski definition) is 2. The molecule has 0 saturated heterocycles. The fourth-order valence-corrected chi connectivity index (χ4v) is 4.94. The van der Waals surface area contributed by atoms with Crippen LogP contribution in [-0.4, -0.2) is 42.8 Å². The Kier molecular flexibility index (Phi) is 9.21. The number of anilines is 1. The van der Waals surface area contributed by atoms with E-state index in [-0.39, 0.29) is 24.8 Å². The molecule has 0 fully saturated rings. The van der Waals surface area contributed by atoms with E-state index in [1.165, 1.54) is 0 Å². The lowest BCUT2D eigenvalue weighted by Crippen LogP contribution is -2.46. The second kappa shape index (κ2) is 13.6. The molecular weight excluding hydrogens is 546 g/mol. The van der Waals surface area contributed by atoms with E-state index in [1.807, 2.05) is 66.7 Å². The van der Waals surface area contributed by atoms with Crippen molar-refractivity contribution in [2.24, 2.45) is 10.1 Å². The van der Waals surface area contributed by atoms with E-state index < -0.39 is 11.6 Å². The number of para-hydroxylation sites is 1. The zero-order valence-corrected chi connectivity index (χ0v) is 23.6. The first-order chi connectivity index (χ1) is 21.1. The largest absolute Gasteiger partial charge is 0.497 e. The van der Waals surface area contributed by atoms with Crippen LogP contribution >= 0.6 is 0 Å². The van der Waals surface area contributed by atoms with Crippen molar-refractivity contribution in [3.8, 4) is 11.5 Å². The van der Waals surface area contributed by atoms with Gasteiger partial charge in [-0.15, -0.1) is 0 Å². The van der Waals surface area contributed by atoms with Gasteiger partial charge in [-0.25, -0.2) is 4.99 Å². The van der Waals surface area contributed by atoms with E-state index in [9.17, 15) is 10.3 Å². The Bertz CT molecular complexity index is 1640. The summed E-state index contributed by atoms with van der Waals surface area (Å²) in [4.78, 5) is 22.5. The van der Waals surface area contributed by atoms with Gasteiger partial charge in [0.1, 0.15) is 11.5 Å². The van der Waals surface area contributed by atoms with E-state index in [2.05, 4.69) is 15.3 Å². The average molecular weight is 578 g/mol. The van der Waals surface area contributed by atoms with Gasteiger partial charge in [-0.05, 0) is 65.2 Å². The molecule has 0 bridgehead atoms. The summed E-state index contributed by atoms with van der Waals surface area (Å²) in [6.07, 6.45) is -0.258. The topological polar surface area (TPSA) is 138 Å². The molecule has 5 rings (SSSR count). The van der Waals surface area contributed by atoms with Crippen molar-refractivity contribution >= 4 is 23.2 Å². The Hall–Kier alpha value is -5.31. The molecule has 0 spiro atoms. The number of aliphatic imine (C=N–C) groups is 1. The number of aliphatic hydroxyl groups excluding tert-OH is 1. The van der Waals surface area contributed by atoms with E-state index in [4.69, 9.17) is 24.3 Å². The maximum absolute atomic E-state index is 14.5. The number of azide groups is 1. The number of carbonyl (C=O) groups excluding carboxylic acids is 1. The summed E-state index contributed by atoms with van der Waals surface area (Å²) >= 11 is 0. The molecule has 0 radical (unpaired) electrons. The van der Waals surface area contributed by atoms with Crippen LogP contribution in [0.25, 0.3) is 10.4 Å². The molecule has 1 heterocycles. The number of aliphatic hydroxyl groups is 1. The molecule has 218 valence electrons. The van der Waals surface area contributed by atoms with Crippen molar-refractivity contribution in [2.45, 2.75) is 24.5 Å². The van der Waals surface area contributed by atoms with E-state index in [0.29, 0.717) is 52.6 Å². The maximum Gasteiger partial charge on any atom is 0.257 e. The van der Waals surface area contributed by atoms with Gasteiger partial charge in [0.15, 0.2) is 11.6 Å². The summed E-state index contributed by atoms with van der Waals surface area (Å²) in [5.41, 5.74) is 10.7. The predicted molar refractivity (Wildman–Crippen MR) is 164 cm³/mol. The molecule has 1 aliphatic rings. The Morgan fingerprint density at radius 2 is 1.79 bits per heavy atom. The summed E-state index contributed by atoms with van der Waals surface area (Å²) in [7, 11) is 1.58. The normalized spacial score (nSPS) is 17.3. The van der Waals surface area contributed by atoms with E-state index in [1.54, 1.807) is 43.5 Å². The lowest BCUT2D eigenvalue weighted by atomic mass is 9.81.